The Hall–Kier alpha value is -3.43. The Kier molecular flexibility index (Phi) is 10.1. The van der Waals surface area contributed by atoms with E-state index in [9.17, 15) is 22.4 Å². The fourth-order valence-electron chi connectivity index (χ4n) is 3.84. The van der Waals surface area contributed by atoms with Crippen molar-refractivity contribution in [3.05, 3.63) is 94.8 Å². The van der Waals surface area contributed by atoms with Gasteiger partial charge in [-0.05, 0) is 69.2 Å². The predicted molar refractivity (Wildman–Crippen MR) is 151 cm³/mol. The Labute approximate surface area is 234 Å². The highest BCUT2D eigenvalue weighted by molar-refractivity contribution is 7.92. The number of hydrogen-bond donors (Lipinski definition) is 1. The fraction of sp³-hybridized carbons (Fsp3) is 0.310. The lowest BCUT2D eigenvalue weighted by molar-refractivity contribution is -0.139. The topological polar surface area (TPSA) is 86.8 Å². The van der Waals surface area contributed by atoms with Crippen LogP contribution in [0.2, 0.25) is 5.02 Å². The number of sulfonamides is 1. The van der Waals surface area contributed by atoms with Crippen molar-refractivity contribution in [3.8, 4) is 0 Å². The zero-order valence-corrected chi connectivity index (χ0v) is 24.0. The third-order valence-corrected chi connectivity index (χ3v) is 8.54. The van der Waals surface area contributed by atoms with Crippen LogP contribution in [0.15, 0.2) is 77.7 Å². The van der Waals surface area contributed by atoms with Gasteiger partial charge >= 0.3 is 0 Å². The average Bonchev–Trinajstić information content (AvgIpc) is 2.91. The van der Waals surface area contributed by atoms with Gasteiger partial charge < -0.3 is 10.2 Å². The minimum absolute atomic E-state index is 0.00605. The lowest BCUT2D eigenvalue weighted by atomic mass is 10.1. The molecule has 10 heteroatoms. The van der Waals surface area contributed by atoms with E-state index < -0.39 is 34.3 Å². The number of benzene rings is 3. The number of halogens is 2. The molecule has 39 heavy (non-hydrogen) atoms. The normalized spacial score (nSPS) is 12.9. The van der Waals surface area contributed by atoms with Gasteiger partial charge in [-0.2, -0.15) is 0 Å². The Morgan fingerprint density at radius 1 is 0.974 bits per heavy atom. The first kappa shape index (κ1) is 30.1. The van der Waals surface area contributed by atoms with Crippen molar-refractivity contribution in [2.24, 2.45) is 0 Å². The number of carbonyl (C=O) groups is 2. The minimum Gasteiger partial charge on any atom is -0.352 e. The third kappa shape index (κ3) is 7.58. The minimum atomic E-state index is -4.22. The average molecular weight is 574 g/mol. The van der Waals surface area contributed by atoms with Crippen LogP contribution in [0.4, 0.5) is 10.1 Å². The predicted octanol–water partition coefficient (Wildman–Crippen LogP) is 5.31. The summed E-state index contributed by atoms with van der Waals surface area (Å²) in [5, 5.41) is 3.02. The lowest BCUT2D eigenvalue weighted by Crippen LogP contribution is -2.52. The number of nitrogens with one attached hydrogen (secondary N) is 1. The number of hydrogen-bond acceptors (Lipinski definition) is 4. The summed E-state index contributed by atoms with van der Waals surface area (Å²) in [4.78, 5) is 28.2. The van der Waals surface area contributed by atoms with Crippen LogP contribution in [0.1, 0.15) is 38.3 Å². The maximum Gasteiger partial charge on any atom is 0.264 e. The molecule has 208 valence electrons. The van der Waals surface area contributed by atoms with Crippen LogP contribution in [0.25, 0.3) is 0 Å². The molecule has 7 nitrogen and oxygen atoms in total. The van der Waals surface area contributed by atoms with Gasteiger partial charge in [-0.25, -0.2) is 12.8 Å². The fourth-order valence-corrected chi connectivity index (χ4v) is 5.56. The van der Waals surface area contributed by atoms with Crippen molar-refractivity contribution in [1.29, 1.82) is 0 Å². The number of rotatable bonds is 11. The first-order valence-corrected chi connectivity index (χ1v) is 14.4. The summed E-state index contributed by atoms with van der Waals surface area (Å²) in [5.74, 6) is -1.44. The van der Waals surface area contributed by atoms with Gasteiger partial charge in [0, 0.05) is 12.6 Å². The molecule has 0 saturated carbocycles. The van der Waals surface area contributed by atoms with Crippen molar-refractivity contribution in [2.45, 2.75) is 57.6 Å². The first-order valence-electron chi connectivity index (χ1n) is 12.6. The molecule has 0 unspecified atom stereocenters. The molecule has 3 rings (SSSR count). The molecule has 1 N–H and O–H groups in total. The number of carbonyl (C=O) groups excluding carboxylic acids is 2. The quantitative estimate of drug-likeness (QED) is 0.337. The number of aryl methyl sites for hydroxylation is 1. The van der Waals surface area contributed by atoms with E-state index in [1.807, 2.05) is 20.8 Å². The molecule has 0 saturated heterocycles. The molecule has 0 aliphatic rings. The molecule has 0 fully saturated rings. The molecule has 0 aliphatic heterocycles. The smallest absolute Gasteiger partial charge is 0.264 e. The van der Waals surface area contributed by atoms with E-state index in [1.165, 1.54) is 53.4 Å². The lowest BCUT2D eigenvalue weighted by Gasteiger charge is -2.32. The van der Waals surface area contributed by atoms with E-state index >= 15 is 0 Å². The van der Waals surface area contributed by atoms with Gasteiger partial charge in [-0.15, -0.1) is 0 Å². The van der Waals surface area contributed by atoms with Crippen molar-refractivity contribution in [3.63, 3.8) is 0 Å². The molecular weight excluding hydrogens is 541 g/mol. The molecule has 0 bridgehead atoms. The van der Waals surface area contributed by atoms with E-state index in [2.05, 4.69) is 5.32 Å². The summed E-state index contributed by atoms with van der Waals surface area (Å²) in [6.07, 6.45) is 0.694. The van der Waals surface area contributed by atoms with Crippen LogP contribution in [0.3, 0.4) is 0 Å². The van der Waals surface area contributed by atoms with Gasteiger partial charge in [0.1, 0.15) is 18.4 Å². The van der Waals surface area contributed by atoms with Gasteiger partial charge in [0.2, 0.25) is 11.8 Å². The second-order valence-corrected chi connectivity index (χ2v) is 11.7. The number of para-hydroxylation sites is 1. The summed E-state index contributed by atoms with van der Waals surface area (Å²) in [5.41, 5.74) is 1.59. The van der Waals surface area contributed by atoms with E-state index in [1.54, 1.807) is 31.2 Å². The van der Waals surface area contributed by atoms with Gasteiger partial charge in [-0.3, -0.25) is 13.9 Å². The van der Waals surface area contributed by atoms with Crippen LogP contribution in [0, 0.1) is 12.7 Å². The second-order valence-electron chi connectivity index (χ2n) is 9.42. The SMILES string of the molecule is CC[C@@H](C)NC(=O)[C@@H](C)N(Cc1ccc(F)cc1)C(=O)CN(c1ccccc1Cl)S(=O)(=O)c1ccc(C)cc1. The van der Waals surface area contributed by atoms with Crippen LogP contribution in [0.5, 0.6) is 0 Å². The summed E-state index contributed by atoms with van der Waals surface area (Å²) in [6.45, 7) is 6.55. The number of nitrogens with zero attached hydrogens (tertiary/aromatic N) is 2. The zero-order valence-electron chi connectivity index (χ0n) is 22.4. The van der Waals surface area contributed by atoms with Gasteiger partial charge in [0.15, 0.2) is 0 Å². The first-order chi connectivity index (χ1) is 18.4. The van der Waals surface area contributed by atoms with Crippen LogP contribution in [-0.2, 0) is 26.2 Å². The molecule has 3 aromatic carbocycles. The van der Waals surface area contributed by atoms with Crippen LogP contribution < -0.4 is 9.62 Å². The summed E-state index contributed by atoms with van der Waals surface area (Å²) < 4.78 is 42.1. The third-order valence-electron chi connectivity index (χ3n) is 6.44. The molecule has 2 amide bonds. The molecule has 0 heterocycles. The highest BCUT2D eigenvalue weighted by Gasteiger charge is 2.33. The van der Waals surface area contributed by atoms with Crippen molar-refractivity contribution >= 4 is 39.1 Å². The maximum absolute atomic E-state index is 13.9. The summed E-state index contributed by atoms with van der Waals surface area (Å²) >= 11 is 6.40. The van der Waals surface area contributed by atoms with E-state index in [4.69, 9.17) is 11.6 Å². The van der Waals surface area contributed by atoms with Crippen molar-refractivity contribution in [2.75, 3.05) is 10.8 Å². The summed E-state index contributed by atoms with van der Waals surface area (Å²) in [7, 11) is -4.22. The Balaban J connectivity index is 2.03. The van der Waals surface area contributed by atoms with Gasteiger partial charge in [-0.1, -0.05) is 60.5 Å². The largest absolute Gasteiger partial charge is 0.352 e. The van der Waals surface area contributed by atoms with Crippen molar-refractivity contribution in [1.82, 2.24) is 10.2 Å². The summed E-state index contributed by atoms with van der Waals surface area (Å²) in [6, 6.07) is 17.1. The van der Waals surface area contributed by atoms with E-state index in [-0.39, 0.29) is 34.1 Å². The Bertz CT molecular complexity index is 1400. The standard InChI is InChI=1S/C29H33ClFN3O4S/c1-5-21(3)32-29(36)22(4)33(18-23-12-14-24(31)15-13-23)28(35)19-34(27-9-7-6-8-26(27)30)39(37,38)25-16-10-20(2)11-17-25/h6-17,21-22H,5,18-19H2,1-4H3,(H,32,36)/t21-,22-/m1/s1. The van der Waals surface area contributed by atoms with Gasteiger partial charge in [0.25, 0.3) is 10.0 Å². The molecule has 0 aliphatic carbocycles. The highest BCUT2D eigenvalue weighted by Crippen LogP contribution is 2.31. The Morgan fingerprint density at radius 2 is 1.59 bits per heavy atom. The Morgan fingerprint density at radius 3 is 2.18 bits per heavy atom. The maximum atomic E-state index is 13.9. The van der Waals surface area contributed by atoms with Crippen LogP contribution >= 0.6 is 11.6 Å². The monoisotopic (exact) mass is 573 g/mol. The van der Waals surface area contributed by atoms with E-state index in [0.717, 1.165) is 9.87 Å². The van der Waals surface area contributed by atoms with Crippen LogP contribution in [-0.4, -0.2) is 43.8 Å². The van der Waals surface area contributed by atoms with E-state index in [0.29, 0.717) is 12.0 Å². The molecule has 2 atom stereocenters. The molecule has 3 aromatic rings. The highest BCUT2D eigenvalue weighted by atomic mass is 35.5. The van der Waals surface area contributed by atoms with Crippen molar-refractivity contribution < 1.29 is 22.4 Å². The molecular formula is C29H33ClFN3O4S. The molecule has 0 aromatic heterocycles. The number of amides is 2. The molecule has 0 spiro atoms. The number of anilines is 1. The van der Waals surface area contributed by atoms with Gasteiger partial charge in [0.05, 0.1) is 15.6 Å². The second kappa shape index (κ2) is 13.1. The zero-order chi connectivity index (χ0) is 28.7. The molecule has 0 radical (unpaired) electrons.